The number of benzene rings is 1. The monoisotopic (exact) mass is 524 g/mol. The Bertz CT molecular complexity index is 974. The molecule has 0 spiro atoms. The van der Waals surface area contributed by atoms with Crippen molar-refractivity contribution in [1.82, 2.24) is 0 Å². The highest BCUT2D eigenvalue weighted by molar-refractivity contribution is 7.91. The van der Waals surface area contributed by atoms with Crippen molar-refractivity contribution in [3.8, 4) is 0 Å². The molecular formula is C24H35F3O7S. The number of sulfone groups is 1. The van der Waals surface area contributed by atoms with E-state index in [1.165, 1.54) is 38.1 Å². The summed E-state index contributed by atoms with van der Waals surface area (Å²) in [5.74, 6) is -5.42. The molecular weight excluding hydrogens is 489 g/mol. The van der Waals surface area contributed by atoms with Crippen molar-refractivity contribution in [2.75, 3.05) is 24.7 Å². The lowest BCUT2D eigenvalue weighted by molar-refractivity contribution is -0.197. The van der Waals surface area contributed by atoms with Gasteiger partial charge in [-0.25, -0.2) is 8.42 Å². The van der Waals surface area contributed by atoms with Crippen LogP contribution in [-0.4, -0.2) is 61.5 Å². The average molecular weight is 525 g/mol. The molecule has 1 aromatic carbocycles. The molecule has 35 heavy (non-hydrogen) atoms. The van der Waals surface area contributed by atoms with Gasteiger partial charge in [-0.15, -0.1) is 0 Å². The van der Waals surface area contributed by atoms with Crippen molar-refractivity contribution in [3.05, 3.63) is 35.4 Å². The highest BCUT2D eigenvalue weighted by atomic mass is 32.2. The van der Waals surface area contributed by atoms with E-state index in [2.05, 4.69) is 4.74 Å². The predicted octanol–water partition coefficient (Wildman–Crippen LogP) is 3.92. The lowest BCUT2D eigenvalue weighted by atomic mass is 9.75. The maximum Gasteiger partial charge on any atom is 0.402 e. The van der Waals surface area contributed by atoms with Crippen LogP contribution in [0.25, 0.3) is 0 Å². The first kappa shape index (κ1) is 30.9. The van der Waals surface area contributed by atoms with Crippen molar-refractivity contribution in [3.63, 3.8) is 0 Å². The lowest BCUT2D eigenvalue weighted by Gasteiger charge is -2.29. The summed E-state index contributed by atoms with van der Waals surface area (Å²) >= 11 is 0. The maximum absolute atomic E-state index is 13.4. The summed E-state index contributed by atoms with van der Waals surface area (Å²) < 4.78 is 69.0. The number of alkyl halides is 3. The Morgan fingerprint density at radius 2 is 1.74 bits per heavy atom. The number of ether oxygens (including phenoxy) is 1. The Labute approximate surface area is 204 Å². The summed E-state index contributed by atoms with van der Waals surface area (Å²) in [5.41, 5.74) is -1.65. The van der Waals surface area contributed by atoms with Gasteiger partial charge in [0.1, 0.15) is 0 Å². The third kappa shape index (κ3) is 9.44. The molecule has 7 nitrogen and oxygen atoms in total. The van der Waals surface area contributed by atoms with Crippen LogP contribution in [0.2, 0.25) is 0 Å². The largest absolute Gasteiger partial charge is 0.481 e. The van der Waals surface area contributed by atoms with Crippen molar-refractivity contribution in [2.24, 2.45) is 11.3 Å². The number of halogens is 3. The van der Waals surface area contributed by atoms with Crippen LogP contribution in [0, 0.1) is 11.3 Å². The number of rotatable bonds is 14. The lowest BCUT2D eigenvalue weighted by Crippen LogP contribution is -2.35. The second-order valence-electron chi connectivity index (χ2n) is 9.72. The fourth-order valence-electron chi connectivity index (χ4n) is 4.03. The van der Waals surface area contributed by atoms with E-state index in [1.54, 1.807) is 13.8 Å². The Balaban J connectivity index is 3.09. The molecule has 0 aliphatic rings. The minimum atomic E-state index is -4.82. The number of hydrogen-bond acceptors (Lipinski definition) is 6. The summed E-state index contributed by atoms with van der Waals surface area (Å²) in [6.07, 6.45) is -4.64. The topological polar surface area (TPSA) is 118 Å². The molecule has 11 heteroatoms. The van der Waals surface area contributed by atoms with Crippen molar-refractivity contribution in [1.29, 1.82) is 0 Å². The number of carbonyl (C=O) groups excluding carboxylic acids is 1. The zero-order valence-electron chi connectivity index (χ0n) is 20.5. The number of carboxylic acid groups (broad SMARTS) is 1. The van der Waals surface area contributed by atoms with Crippen LogP contribution in [0.1, 0.15) is 58.1 Å². The van der Waals surface area contributed by atoms with Gasteiger partial charge in [0.15, 0.2) is 15.8 Å². The van der Waals surface area contributed by atoms with Gasteiger partial charge in [0.05, 0.1) is 30.1 Å². The molecule has 0 fully saturated rings. The van der Waals surface area contributed by atoms with E-state index in [1.807, 2.05) is 0 Å². The minimum Gasteiger partial charge on any atom is -0.481 e. The van der Waals surface area contributed by atoms with Crippen LogP contribution >= 0.6 is 0 Å². The fourth-order valence-corrected chi connectivity index (χ4v) is 5.78. The maximum atomic E-state index is 13.4. The number of carbonyl (C=O) groups is 2. The smallest absolute Gasteiger partial charge is 0.402 e. The first-order chi connectivity index (χ1) is 16.0. The van der Waals surface area contributed by atoms with Crippen LogP contribution in [0.4, 0.5) is 13.2 Å². The first-order valence-corrected chi connectivity index (χ1v) is 13.2. The van der Waals surface area contributed by atoms with E-state index in [9.17, 15) is 36.3 Å². The van der Waals surface area contributed by atoms with Gasteiger partial charge in [-0.1, -0.05) is 44.5 Å². The van der Waals surface area contributed by atoms with Crippen LogP contribution < -0.4 is 0 Å². The molecule has 0 aliphatic heterocycles. The number of carboxylic acids is 1. The van der Waals surface area contributed by atoms with Crippen LogP contribution in [-0.2, 0) is 36.0 Å². The van der Waals surface area contributed by atoms with Crippen molar-refractivity contribution < 1.29 is 46.1 Å². The molecule has 0 saturated carbocycles. The molecule has 2 unspecified atom stereocenters. The summed E-state index contributed by atoms with van der Waals surface area (Å²) in [4.78, 5) is 24.1. The van der Waals surface area contributed by atoms with Crippen molar-refractivity contribution in [2.45, 2.75) is 65.0 Å². The average Bonchev–Trinajstić information content (AvgIpc) is 2.70. The van der Waals surface area contributed by atoms with Gasteiger partial charge in [0, 0.05) is 0 Å². The zero-order chi connectivity index (χ0) is 27.1. The zero-order valence-corrected chi connectivity index (χ0v) is 21.3. The van der Waals surface area contributed by atoms with E-state index < -0.39 is 57.7 Å². The summed E-state index contributed by atoms with van der Waals surface area (Å²) in [5, 5.41) is 18.9. The molecule has 2 atom stereocenters. The molecule has 1 aromatic rings. The normalized spacial score (nSPS) is 15.3. The third-order valence-electron chi connectivity index (χ3n) is 5.99. The Hall–Kier alpha value is -2.14. The number of esters is 1. The van der Waals surface area contributed by atoms with E-state index in [4.69, 9.17) is 5.11 Å². The van der Waals surface area contributed by atoms with E-state index in [0.717, 1.165) is 0 Å². The molecule has 0 aliphatic carbocycles. The summed E-state index contributed by atoms with van der Waals surface area (Å²) in [6, 6.07) is 5.74. The molecule has 0 radical (unpaired) electrons. The van der Waals surface area contributed by atoms with Crippen LogP contribution in [0.15, 0.2) is 24.3 Å². The van der Waals surface area contributed by atoms with Gasteiger partial charge in [0.2, 0.25) is 0 Å². The molecule has 0 amide bonds. The SMILES string of the molecule is CCOC(=O)C(Cc1cccc(C(C)(CCCC(C)(C)CS(=O)(=O)CCO)C(=O)O)c1)C(F)(F)F. The second-order valence-corrected chi connectivity index (χ2v) is 11.9. The fraction of sp³-hybridized carbons (Fsp3) is 0.667. The molecule has 0 aromatic heterocycles. The number of hydrogen-bond donors (Lipinski definition) is 2. The van der Waals surface area contributed by atoms with E-state index >= 15 is 0 Å². The number of aliphatic hydroxyl groups is 1. The second kappa shape index (κ2) is 12.2. The van der Waals surface area contributed by atoms with Gasteiger partial charge in [-0.3, -0.25) is 9.59 Å². The molecule has 0 saturated heterocycles. The summed E-state index contributed by atoms with van der Waals surface area (Å²) in [6.45, 7) is 5.70. The number of aliphatic carboxylic acids is 1. The highest BCUT2D eigenvalue weighted by Gasteiger charge is 2.46. The Morgan fingerprint density at radius 1 is 1.11 bits per heavy atom. The predicted molar refractivity (Wildman–Crippen MR) is 125 cm³/mol. The first-order valence-electron chi connectivity index (χ1n) is 11.3. The van der Waals surface area contributed by atoms with Crippen LogP contribution in [0.3, 0.4) is 0 Å². The molecule has 1 rings (SSSR count). The van der Waals surface area contributed by atoms with Gasteiger partial charge < -0.3 is 14.9 Å². The third-order valence-corrected chi connectivity index (χ3v) is 8.01. The molecule has 2 N–H and O–H groups in total. The minimum absolute atomic E-state index is 0.121. The van der Waals surface area contributed by atoms with E-state index in [-0.39, 0.29) is 35.7 Å². The van der Waals surface area contributed by atoms with Crippen molar-refractivity contribution >= 4 is 21.8 Å². The quantitative estimate of drug-likeness (QED) is 0.354. The van der Waals surface area contributed by atoms with Crippen LogP contribution in [0.5, 0.6) is 0 Å². The molecule has 200 valence electrons. The van der Waals surface area contributed by atoms with E-state index in [0.29, 0.717) is 12.8 Å². The molecule has 0 heterocycles. The van der Waals surface area contributed by atoms with Gasteiger partial charge in [-0.05, 0) is 49.7 Å². The Kier molecular flexibility index (Phi) is 10.8. The Morgan fingerprint density at radius 3 is 2.26 bits per heavy atom. The molecule has 0 bridgehead atoms. The summed E-state index contributed by atoms with van der Waals surface area (Å²) in [7, 11) is -3.46. The van der Waals surface area contributed by atoms with Gasteiger partial charge >= 0.3 is 18.1 Å². The highest BCUT2D eigenvalue weighted by Crippen LogP contribution is 2.36. The standard InChI is InChI=1S/C24H35F3O7S/c1-5-34-20(29)19(24(25,26)27)15-17-8-6-9-18(14-17)23(4,21(30)31)11-7-10-22(2,3)16-35(32,33)13-12-28/h6,8-9,14,19,28H,5,7,10-13,15-16H2,1-4H3,(H,30,31). The van der Waals surface area contributed by atoms with Gasteiger partial charge in [0.25, 0.3) is 0 Å². The van der Waals surface area contributed by atoms with Gasteiger partial charge in [-0.2, -0.15) is 13.2 Å². The number of aliphatic hydroxyl groups excluding tert-OH is 1.